The van der Waals surface area contributed by atoms with E-state index < -0.39 is 11.8 Å². The lowest BCUT2D eigenvalue weighted by Gasteiger charge is -2.41. The summed E-state index contributed by atoms with van der Waals surface area (Å²) in [5, 5.41) is 14.1. The largest absolute Gasteiger partial charge is 0.467 e. The van der Waals surface area contributed by atoms with Crippen molar-refractivity contribution in [2.45, 2.75) is 51.7 Å². The van der Waals surface area contributed by atoms with Crippen LogP contribution in [0.15, 0.2) is 21.9 Å². The zero-order valence-corrected chi connectivity index (χ0v) is 14.0. The summed E-state index contributed by atoms with van der Waals surface area (Å²) < 4.78 is 16.6. The van der Waals surface area contributed by atoms with Gasteiger partial charge in [-0.2, -0.15) is 4.98 Å². The van der Waals surface area contributed by atoms with Crippen molar-refractivity contribution in [2.75, 3.05) is 7.11 Å². The van der Waals surface area contributed by atoms with Crippen molar-refractivity contribution >= 4 is 11.9 Å². The molecule has 1 N–H and O–H groups in total. The number of hydrogen-bond donors (Lipinski definition) is 1. The van der Waals surface area contributed by atoms with Crippen LogP contribution in [0.1, 0.15) is 44.9 Å². The zero-order chi connectivity index (χ0) is 17.2. The predicted octanol–water partition coefficient (Wildman–Crippen LogP) is 2.88. The maximum atomic E-state index is 12.4. The smallest absolute Gasteiger partial charge is 0.369 e. The van der Waals surface area contributed by atoms with Crippen LogP contribution in [0, 0.1) is 12.8 Å². The van der Waals surface area contributed by atoms with Crippen molar-refractivity contribution < 1.29 is 19.0 Å². The Morgan fingerprint density at radius 1 is 1.33 bits per heavy atom. The molecule has 2 heterocycles. The molecule has 24 heavy (non-hydrogen) atoms. The summed E-state index contributed by atoms with van der Waals surface area (Å²) in [5.74, 6) is -0.177. The van der Waals surface area contributed by atoms with E-state index in [0.717, 1.165) is 19.3 Å². The van der Waals surface area contributed by atoms with Gasteiger partial charge in [0.05, 0.1) is 7.11 Å². The topological polar surface area (TPSA) is 111 Å². The Kier molecular flexibility index (Phi) is 4.50. The van der Waals surface area contributed by atoms with E-state index in [1.54, 1.807) is 6.92 Å². The minimum atomic E-state index is -0.950. The van der Waals surface area contributed by atoms with Gasteiger partial charge in [0.2, 0.25) is 0 Å². The van der Waals surface area contributed by atoms with Gasteiger partial charge in [-0.05, 0) is 25.7 Å². The van der Waals surface area contributed by atoms with Gasteiger partial charge in [-0.3, -0.25) is 5.10 Å². The second-order valence-corrected chi connectivity index (χ2v) is 6.01. The lowest BCUT2D eigenvalue weighted by molar-refractivity contribution is -0.255. The molecule has 1 aromatic heterocycles. The number of azo groups is 1. The summed E-state index contributed by atoms with van der Waals surface area (Å²) in [6.07, 6.45) is 4.32. The quantitative estimate of drug-likeness (QED) is 0.669. The third-order valence-electron chi connectivity index (χ3n) is 4.40. The highest BCUT2D eigenvalue weighted by molar-refractivity contribution is 5.89. The van der Waals surface area contributed by atoms with Gasteiger partial charge in [0.25, 0.3) is 17.4 Å². The standard InChI is InChI=1S/C15H21N5O4/c1-4-10-5-7-15(8-6-10)23-12(21)11(13(22-3)24-15)18-20-14-16-9(2)17-19-14/h10H,4-8H2,1-3H3,(H,16,17,19). The van der Waals surface area contributed by atoms with Crippen LogP contribution >= 0.6 is 0 Å². The Bertz CT molecular complexity index is 673. The number of methoxy groups -OCH3 is 1. The van der Waals surface area contributed by atoms with Gasteiger partial charge in [-0.1, -0.05) is 13.3 Å². The number of rotatable bonds is 4. The maximum absolute atomic E-state index is 12.4. The number of H-pyrrole nitrogens is 1. The molecule has 9 heteroatoms. The molecular weight excluding hydrogens is 314 g/mol. The molecule has 0 aromatic carbocycles. The number of carbonyl (C=O) groups is 1. The Hall–Kier alpha value is -2.45. The molecule has 0 atom stereocenters. The van der Waals surface area contributed by atoms with E-state index in [-0.39, 0.29) is 17.6 Å². The molecule has 2 aliphatic rings. The highest BCUT2D eigenvalue weighted by Crippen LogP contribution is 2.42. The average Bonchev–Trinajstić information content (AvgIpc) is 2.99. The third kappa shape index (κ3) is 3.24. The van der Waals surface area contributed by atoms with E-state index in [1.807, 2.05) is 0 Å². The van der Waals surface area contributed by atoms with Crippen LogP contribution < -0.4 is 0 Å². The maximum Gasteiger partial charge on any atom is 0.369 e. The van der Waals surface area contributed by atoms with Gasteiger partial charge < -0.3 is 14.2 Å². The molecule has 1 aliphatic heterocycles. The summed E-state index contributed by atoms with van der Waals surface area (Å²) in [7, 11) is 1.42. The van der Waals surface area contributed by atoms with Crippen molar-refractivity contribution in [3.05, 3.63) is 17.5 Å². The van der Waals surface area contributed by atoms with Crippen LogP contribution in [0.2, 0.25) is 0 Å². The van der Waals surface area contributed by atoms with Crippen molar-refractivity contribution in [1.82, 2.24) is 15.2 Å². The summed E-state index contributed by atoms with van der Waals surface area (Å²) in [6, 6.07) is 0. The SMILES string of the molecule is CCC1CCC2(CC1)OC(=O)C(N=Nc1n[nH]c(C)n1)=C(OC)O2. The number of ether oxygens (including phenoxy) is 3. The fourth-order valence-electron chi connectivity index (χ4n) is 2.96. The van der Waals surface area contributed by atoms with E-state index in [1.165, 1.54) is 7.11 Å². The van der Waals surface area contributed by atoms with Crippen LogP contribution in [0.4, 0.5) is 5.95 Å². The fourth-order valence-corrected chi connectivity index (χ4v) is 2.96. The molecule has 9 nitrogen and oxygen atoms in total. The summed E-state index contributed by atoms with van der Waals surface area (Å²) in [4.78, 5) is 16.4. The van der Waals surface area contributed by atoms with Crippen molar-refractivity contribution in [3.63, 3.8) is 0 Å². The monoisotopic (exact) mass is 335 g/mol. The third-order valence-corrected chi connectivity index (χ3v) is 4.40. The molecule has 1 fully saturated rings. The van der Waals surface area contributed by atoms with Gasteiger partial charge in [0.1, 0.15) is 5.82 Å². The van der Waals surface area contributed by atoms with Gasteiger partial charge >= 0.3 is 11.9 Å². The van der Waals surface area contributed by atoms with Gasteiger partial charge in [0, 0.05) is 12.8 Å². The van der Waals surface area contributed by atoms with Gasteiger partial charge in [-0.15, -0.1) is 15.3 Å². The van der Waals surface area contributed by atoms with Crippen LogP contribution in [-0.2, 0) is 19.0 Å². The highest BCUT2D eigenvalue weighted by atomic mass is 16.8. The Balaban J connectivity index is 1.79. The Morgan fingerprint density at radius 2 is 2.08 bits per heavy atom. The van der Waals surface area contributed by atoms with Crippen LogP contribution in [0.3, 0.4) is 0 Å². The first kappa shape index (κ1) is 16.4. The van der Waals surface area contributed by atoms with E-state index in [4.69, 9.17) is 14.2 Å². The van der Waals surface area contributed by atoms with Crippen molar-refractivity contribution in [1.29, 1.82) is 0 Å². The second kappa shape index (κ2) is 6.58. The van der Waals surface area contributed by atoms with E-state index in [2.05, 4.69) is 32.3 Å². The number of esters is 1. The summed E-state index contributed by atoms with van der Waals surface area (Å²) >= 11 is 0. The Morgan fingerprint density at radius 3 is 2.67 bits per heavy atom. The van der Waals surface area contributed by atoms with E-state index in [0.29, 0.717) is 24.6 Å². The molecule has 3 rings (SSSR count). The molecule has 1 spiro atoms. The average molecular weight is 335 g/mol. The number of hydrogen-bond acceptors (Lipinski definition) is 8. The minimum absolute atomic E-state index is 0.0252. The number of nitrogens with one attached hydrogen (secondary N) is 1. The number of aromatic amines is 1. The molecule has 0 bridgehead atoms. The second-order valence-electron chi connectivity index (χ2n) is 6.01. The number of aryl methyl sites for hydroxylation is 1. The molecule has 0 amide bonds. The highest BCUT2D eigenvalue weighted by Gasteiger charge is 2.47. The molecule has 0 unspecified atom stereocenters. The molecular formula is C15H21N5O4. The first-order valence-electron chi connectivity index (χ1n) is 8.06. The number of aromatic nitrogens is 3. The van der Waals surface area contributed by atoms with E-state index in [9.17, 15) is 4.79 Å². The van der Waals surface area contributed by atoms with Gasteiger partial charge in [0.15, 0.2) is 0 Å². The summed E-state index contributed by atoms with van der Waals surface area (Å²) in [5.41, 5.74) is -0.122. The lowest BCUT2D eigenvalue weighted by atomic mass is 9.83. The molecule has 1 saturated carbocycles. The molecule has 0 saturated heterocycles. The van der Waals surface area contributed by atoms with Crippen LogP contribution in [0.25, 0.3) is 0 Å². The van der Waals surface area contributed by atoms with Crippen LogP contribution in [0.5, 0.6) is 0 Å². The number of nitrogens with zero attached hydrogens (tertiary/aromatic N) is 4. The molecule has 0 radical (unpaired) electrons. The number of carbonyl (C=O) groups excluding carboxylic acids is 1. The normalized spacial score (nSPS) is 27.5. The predicted molar refractivity (Wildman–Crippen MR) is 81.8 cm³/mol. The first-order valence-corrected chi connectivity index (χ1v) is 8.06. The molecule has 130 valence electrons. The minimum Gasteiger partial charge on any atom is -0.467 e. The zero-order valence-electron chi connectivity index (χ0n) is 14.0. The fraction of sp³-hybridized carbons (Fsp3) is 0.667. The van der Waals surface area contributed by atoms with Crippen molar-refractivity contribution in [3.8, 4) is 0 Å². The van der Waals surface area contributed by atoms with Crippen LogP contribution in [-0.4, -0.2) is 34.0 Å². The molecule has 1 aliphatic carbocycles. The summed E-state index contributed by atoms with van der Waals surface area (Å²) in [6.45, 7) is 3.90. The van der Waals surface area contributed by atoms with E-state index >= 15 is 0 Å². The Labute approximate surface area is 139 Å². The lowest BCUT2D eigenvalue weighted by Crippen LogP contribution is -2.45. The first-order chi connectivity index (χ1) is 11.5. The van der Waals surface area contributed by atoms with Gasteiger partial charge in [-0.25, -0.2) is 4.79 Å². The van der Waals surface area contributed by atoms with Crippen molar-refractivity contribution in [2.24, 2.45) is 16.1 Å². The molecule has 1 aromatic rings.